The first-order valence-corrected chi connectivity index (χ1v) is 7.76. The first-order chi connectivity index (χ1) is 11.6. The van der Waals surface area contributed by atoms with Crippen molar-refractivity contribution in [3.8, 4) is 0 Å². The number of carbonyl (C=O) groups excluding carboxylic acids is 2. The van der Waals surface area contributed by atoms with Gasteiger partial charge < -0.3 is 19.8 Å². The molecule has 2 N–H and O–H groups in total. The Morgan fingerprint density at radius 2 is 1.92 bits per heavy atom. The molecule has 0 aliphatic heterocycles. The van der Waals surface area contributed by atoms with Crippen LogP contribution in [0.2, 0.25) is 0 Å². The largest absolute Gasteiger partial charge is 0.454 e. The molecule has 0 aliphatic carbocycles. The van der Waals surface area contributed by atoms with Crippen LogP contribution in [0.4, 0.5) is 0 Å². The minimum Gasteiger partial charge on any atom is -0.454 e. The van der Waals surface area contributed by atoms with Crippen LogP contribution in [-0.2, 0) is 4.74 Å². The van der Waals surface area contributed by atoms with Gasteiger partial charge in [0.25, 0.3) is 11.8 Å². The average Bonchev–Trinajstić information content (AvgIpc) is 3.06. The maximum absolute atomic E-state index is 12.4. The van der Waals surface area contributed by atoms with Crippen molar-refractivity contribution in [2.24, 2.45) is 0 Å². The quantitative estimate of drug-likeness (QED) is 0.763. The van der Waals surface area contributed by atoms with Crippen molar-refractivity contribution in [2.45, 2.75) is 12.8 Å². The molecule has 0 fully saturated rings. The molecule has 6 nitrogen and oxygen atoms in total. The molecule has 0 aliphatic rings. The molecule has 24 heavy (non-hydrogen) atoms. The molecule has 2 aromatic rings. The van der Waals surface area contributed by atoms with E-state index in [0.717, 1.165) is 5.56 Å². The van der Waals surface area contributed by atoms with Crippen molar-refractivity contribution in [2.75, 3.05) is 27.3 Å². The monoisotopic (exact) mass is 330 g/mol. The highest BCUT2D eigenvalue weighted by Gasteiger charge is 2.25. The molecule has 0 spiro atoms. The Balaban J connectivity index is 2.35. The number of nitrogens with one attached hydrogen (secondary N) is 2. The summed E-state index contributed by atoms with van der Waals surface area (Å²) < 4.78 is 10.6. The van der Waals surface area contributed by atoms with E-state index in [-0.39, 0.29) is 23.5 Å². The molecule has 0 radical (unpaired) electrons. The standard InChI is InChI=1S/C18H22N2O4/c1-12(13-7-5-4-6-8-13)16-14(17(21)20-9-10-23-3)11-15(24-16)18(22)19-2/h4-8,11-12H,9-10H2,1-3H3,(H,19,22)(H,20,21)/t12-/m0/s1. The minimum absolute atomic E-state index is 0.118. The zero-order valence-electron chi connectivity index (χ0n) is 14.1. The predicted octanol–water partition coefficient (Wildman–Crippen LogP) is 2.17. The third kappa shape index (κ3) is 4.02. The fraction of sp³-hybridized carbons (Fsp3) is 0.333. The lowest BCUT2D eigenvalue weighted by molar-refractivity contribution is 0.0924. The van der Waals surface area contributed by atoms with E-state index in [4.69, 9.17) is 9.15 Å². The van der Waals surface area contributed by atoms with Gasteiger partial charge in [0.2, 0.25) is 0 Å². The molecular weight excluding hydrogens is 308 g/mol. The average molecular weight is 330 g/mol. The highest BCUT2D eigenvalue weighted by Crippen LogP contribution is 2.29. The van der Waals surface area contributed by atoms with E-state index in [1.54, 1.807) is 7.11 Å². The molecule has 1 heterocycles. The Kier molecular flexibility index (Phi) is 6.14. The van der Waals surface area contributed by atoms with E-state index < -0.39 is 0 Å². The van der Waals surface area contributed by atoms with Gasteiger partial charge in [0, 0.05) is 32.7 Å². The van der Waals surface area contributed by atoms with Crippen LogP contribution in [-0.4, -0.2) is 39.1 Å². The number of hydrogen-bond donors (Lipinski definition) is 2. The maximum Gasteiger partial charge on any atom is 0.286 e. The van der Waals surface area contributed by atoms with Crippen LogP contribution in [0.5, 0.6) is 0 Å². The van der Waals surface area contributed by atoms with Crippen molar-refractivity contribution in [3.63, 3.8) is 0 Å². The molecular formula is C18H22N2O4. The summed E-state index contributed by atoms with van der Waals surface area (Å²) >= 11 is 0. The van der Waals surface area contributed by atoms with Crippen molar-refractivity contribution in [1.82, 2.24) is 10.6 Å². The van der Waals surface area contributed by atoms with Crippen LogP contribution < -0.4 is 10.6 Å². The summed E-state index contributed by atoms with van der Waals surface area (Å²) in [6, 6.07) is 11.2. The van der Waals surface area contributed by atoms with Gasteiger partial charge in [-0.05, 0) is 5.56 Å². The summed E-state index contributed by atoms with van der Waals surface area (Å²) in [6.45, 7) is 2.73. The van der Waals surface area contributed by atoms with Gasteiger partial charge in [-0.15, -0.1) is 0 Å². The van der Waals surface area contributed by atoms with Crippen LogP contribution in [0.3, 0.4) is 0 Å². The Bertz CT molecular complexity index is 694. The normalized spacial score (nSPS) is 11.8. The predicted molar refractivity (Wildman–Crippen MR) is 90.3 cm³/mol. The minimum atomic E-state index is -0.368. The lowest BCUT2D eigenvalue weighted by Gasteiger charge is -2.11. The second-order valence-electron chi connectivity index (χ2n) is 5.35. The molecule has 1 atom stereocenters. The molecule has 0 unspecified atom stereocenters. The SMILES string of the molecule is CNC(=O)c1cc(C(=O)NCCOC)c([C@@H](C)c2ccccc2)o1. The van der Waals surface area contributed by atoms with Gasteiger partial charge in [-0.25, -0.2) is 0 Å². The van der Waals surface area contributed by atoms with E-state index in [2.05, 4.69) is 10.6 Å². The fourth-order valence-electron chi connectivity index (χ4n) is 2.39. The smallest absolute Gasteiger partial charge is 0.286 e. The number of benzene rings is 1. The van der Waals surface area contributed by atoms with Gasteiger partial charge in [-0.3, -0.25) is 9.59 Å². The maximum atomic E-state index is 12.4. The highest BCUT2D eigenvalue weighted by molar-refractivity contribution is 5.99. The number of furan rings is 1. The van der Waals surface area contributed by atoms with Crippen molar-refractivity contribution in [1.29, 1.82) is 0 Å². The second kappa shape index (κ2) is 8.31. The van der Waals surface area contributed by atoms with E-state index in [1.807, 2.05) is 37.3 Å². The second-order valence-corrected chi connectivity index (χ2v) is 5.35. The molecule has 1 aromatic carbocycles. The van der Waals surface area contributed by atoms with Crippen LogP contribution in [0.1, 0.15) is 45.1 Å². The Hall–Kier alpha value is -2.60. The summed E-state index contributed by atoms with van der Waals surface area (Å²) in [6.07, 6.45) is 0. The van der Waals surface area contributed by atoms with Gasteiger partial charge in [0.1, 0.15) is 5.76 Å². The third-order valence-corrected chi connectivity index (χ3v) is 3.74. The van der Waals surface area contributed by atoms with E-state index in [1.165, 1.54) is 13.1 Å². The molecule has 1 aromatic heterocycles. The van der Waals surface area contributed by atoms with Gasteiger partial charge >= 0.3 is 0 Å². The van der Waals surface area contributed by atoms with E-state index in [0.29, 0.717) is 24.5 Å². The number of ether oxygens (including phenoxy) is 1. The van der Waals surface area contributed by atoms with Crippen LogP contribution in [0.15, 0.2) is 40.8 Å². The third-order valence-electron chi connectivity index (χ3n) is 3.74. The first-order valence-electron chi connectivity index (χ1n) is 7.76. The van der Waals surface area contributed by atoms with Gasteiger partial charge in [0.05, 0.1) is 12.2 Å². The highest BCUT2D eigenvalue weighted by atomic mass is 16.5. The summed E-state index contributed by atoms with van der Waals surface area (Å²) in [5, 5.41) is 5.27. The van der Waals surface area contributed by atoms with Crippen molar-refractivity contribution in [3.05, 3.63) is 59.0 Å². The molecule has 2 rings (SSSR count). The molecule has 6 heteroatoms. The summed E-state index contributed by atoms with van der Waals surface area (Å²) in [4.78, 5) is 24.3. The van der Waals surface area contributed by atoms with Gasteiger partial charge in [0.15, 0.2) is 5.76 Å². The van der Waals surface area contributed by atoms with Crippen LogP contribution >= 0.6 is 0 Å². The van der Waals surface area contributed by atoms with E-state index >= 15 is 0 Å². The first kappa shape index (κ1) is 17.7. The number of carbonyl (C=O) groups is 2. The summed E-state index contributed by atoms with van der Waals surface area (Å²) in [5.41, 5.74) is 1.36. The van der Waals surface area contributed by atoms with Crippen molar-refractivity contribution < 1.29 is 18.7 Å². The number of hydrogen-bond acceptors (Lipinski definition) is 4. The lowest BCUT2D eigenvalue weighted by Crippen LogP contribution is -2.27. The Morgan fingerprint density at radius 3 is 2.54 bits per heavy atom. The van der Waals surface area contributed by atoms with Crippen molar-refractivity contribution >= 4 is 11.8 Å². The molecule has 2 amide bonds. The zero-order valence-corrected chi connectivity index (χ0v) is 14.1. The zero-order chi connectivity index (χ0) is 17.5. The molecule has 128 valence electrons. The Labute approximate surface area is 141 Å². The van der Waals surface area contributed by atoms with E-state index in [9.17, 15) is 9.59 Å². The van der Waals surface area contributed by atoms with Gasteiger partial charge in [-0.1, -0.05) is 37.3 Å². The summed E-state index contributed by atoms with van der Waals surface area (Å²) in [7, 11) is 3.08. The molecule has 0 bridgehead atoms. The molecule has 0 saturated heterocycles. The topological polar surface area (TPSA) is 80.6 Å². The number of rotatable bonds is 7. The Morgan fingerprint density at radius 1 is 1.21 bits per heavy atom. The number of amides is 2. The van der Waals surface area contributed by atoms with Crippen LogP contribution in [0, 0.1) is 0 Å². The van der Waals surface area contributed by atoms with Gasteiger partial charge in [-0.2, -0.15) is 0 Å². The lowest BCUT2D eigenvalue weighted by atomic mass is 9.96. The fourth-order valence-corrected chi connectivity index (χ4v) is 2.39. The van der Waals surface area contributed by atoms with Crippen LogP contribution in [0.25, 0.3) is 0 Å². The molecule has 0 saturated carbocycles. The number of methoxy groups -OCH3 is 1. The summed E-state index contributed by atoms with van der Waals surface area (Å²) in [5.74, 6) is -0.231.